The fourth-order valence-corrected chi connectivity index (χ4v) is 2.68. The van der Waals surface area contributed by atoms with Crippen LogP contribution in [0.1, 0.15) is 17.0 Å². The summed E-state index contributed by atoms with van der Waals surface area (Å²) in [6.45, 7) is 9.71. The van der Waals surface area contributed by atoms with E-state index in [9.17, 15) is 0 Å². The van der Waals surface area contributed by atoms with E-state index in [1.54, 1.807) is 0 Å². The Labute approximate surface area is 131 Å². The summed E-state index contributed by atoms with van der Waals surface area (Å²) in [5.41, 5.74) is 3.56. The Balaban J connectivity index is 1.60. The van der Waals surface area contributed by atoms with E-state index < -0.39 is 0 Å². The predicted octanol–water partition coefficient (Wildman–Crippen LogP) is 2.14. The second-order valence-electron chi connectivity index (χ2n) is 6.21. The zero-order chi connectivity index (χ0) is 15.5. The van der Waals surface area contributed by atoms with Gasteiger partial charge in [-0.3, -0.25) is 0 Å². The summed E-state index contributed by atoms with van der Waals surface area (Å²) in [5.74, 6) is 1.42. The average molecular weight is 300 g/mol. The molecule has 0 amide bonds. The van der Waals surface area contributed by atoms with E-state index in [1.165, 1.54) is 11.1 Å². The van der Waals surface area contributed by atoms with Gasteiger partial charge in [0.05, 0.1) is 0 Å². The van der Waals surface area contributed by atoms with Crippen LogP contribution in [0.4, 0.5) is 0 Å². The summed E-state index contributed by atoms with van der Waals surface area (Å²) in [7, 11) is 2.17. The monoisotopic (exact) mass is 300 g/mol. The molecule has 0 aliphatic carbocycles. The molecule has 1 fully saturated rings. The van der Waals surface area contributed by atoms with Crippen LogP contribution in [0.25, 0.3) is 11.4 Å². The third-order valence-corrected chi connectivity index (χ3v) is 4.47. The normalized spacial score (nSPS) is 17.0. The average Bonchev–Trinajstić information content (AvgIpc) is 2.98. The number of aryl methyl sites for hydroxylation is 2. The van der Waals surface area contributed by atoms with E-state index in [0.717, 1.165) is 50.6 Å². The minimum absolute atomic E-state index is 0.691. The van der Waals surface area contributed by atoms with E-state index in [2.05, 4.69) is 59.0 Å². The number of aromatic nitrogens is 2. The Hall–Kier alpha value is -1.72. The number of piperazine rings is 1. The summed E-state index contributed by atoms with van der Waals surface area (Å²) in [4.78, 5) is 9.36. The summed E-state index contributed by atoms with van der Waals surface area (Å²) in [6, 6.07) is 6.27. The maximum Gasteiger partial charge on any atom is 0.228 e. The molecule has 5 heteroatoms. The lowest BCUT2D eigenvalue weighted by atomic mass is 10.1. The molecule has 1 aliphatic heterocycles. The molecule has 2 aromatic rings. The summed E-state index contributed by atoms with van der Waals surface area (Å²) < 4.78 is 5.40. The maximum atomic E-state index is 5.40. The van der Waals surface area contributed by atoms with Crippen LogP contribution in [-0.2, 0) is 6.42 Å². The minimum atomic E-state index is 0.691. The van der Waals surface area contributed by atoms with Gasteiger partial charge < -0.3 is 14.3 Å². The molecule has 1 aromatic heterocycles. The maximum absolute atomic E-state index is 5.40. The predicted molar refractivity (Wildman–Crippen MR) is 86.8 cm³/mol. The Morgan fingerprint density at radius 3 is 2.59 bits per heavy atom. The van der Waals surface area contributed by atoms with Gasteiger partial charge in [-0.05, 0) is 38.1 Å². The van der Waals surface area contributed by atoms with E-state index in [0.29, 0.717) is 5.82 Å². The van der Waals surface area contributed by atoms with Crippen molar-refractivity contribution in [3.05, 3.63) is 35.2 Å². The van der Waals surface area contributed by atoms with Crippen LogP contribution in [0.15, 0.2) is 22.7 Å². The van der Waals surface area contributed by atoms with Crippen molar-refractivity contribution in [1.29, 1.82) is 0 Å². The van der Waals surface area contributed by atoms with Crippen LogP contribution in [-0.4, -0.2) is 59.7 Å². The van der Waals surface area contributed by atoms with Gasteiger partial charge in [0.15, 0.2) is 0 Å². The second kappa shape index (κ2) is 6.58. The first-order valence-corrected chi connectivity index (χ1v) is 7.93. The number of hydrogen-bond acceptors (Lipinski definition) is 5. The van der Waals surface area contributed by atoms with Gasteiger partial charge >= 0.3 is 0 Å². The zero-order valence-corrected chi connectivity index (χ0v) is 13.7. The molecule has 0 spiro atoms. The zero-order valence-electron chi connectivity index (χ0n) is 13.7. The molecule has 5 nitrogen and oxygen atoms in total. The second-order valence-corrected chi connectivity index (χ2v) is 6.21. The molecule has 1 aromatic carbocycles. The van der Waals surface area contributed by atoms with Crippen molar-refractivity contribution in [1.82, 2.24) is 19.9 Å². The number of rotatable bonds is 4. The van der Waals surface area contributed by atoms with Gasteiger partial charge in [-0.2, -0.15) is 4.98 Å². The lowest BCUT2D eigenvalue weighted by Gasteiger charge is -2.31. The molecule has 1 saturated heterocycles. The third kappa shape index (κ3) is 3.54. The largest absolute Gasteiger partial charge is 0.339 e. The fourth-order valence-electron chi connectivity index (χ4n) is 2.68. The van der Waals surface area contributed by atoms with Gasteiger partial charge in [0, 0.05) is 44.7 Å². The molecule has 2 heterocycles. The lowest BCUT2D eigenvalue weighted by molar-refractivity contribution is 0.152. The van der Waals surface area contributed by atoms with Crippen LogP contribution < -0.4 is 0 Å². The molecule has 0 unspecified atom stereocenters. The Kier molecular flexibility index (Phi) is 4.55. The molecule has 0 saturated carbocycles. The Morgan fingerprint density at radius 2 is 1.86 bits per heavy atom. The topological polar surface area (TPSA) is 45.4 Å². The van der Waals surface area contributed by atoms with E-state index in [4.69, 9.17) is 4.52 Å². The first-order valence-electron chi connectivity index (χ1n) is 7.93. The van der Waals surface area contributed by atoms with Crippen molar-refractivity contribution in [3.63, 3.8) is 0 Å². The standard InChI is InChI=1S/C17H24N4O/c1-13-4-5-15(12-14(13)2)17-18-16(22-19-17)6-7-21-10-8-20(3)9-11-21/h4-5,12H,6-11H2,1-3H3. The third-order valence-electron chi connectivity index (χ3n) is 4.47. The van der Waals surface area contributed by atoms with Gasteiger partial charge in [-0.15, -0.1) is 0 Å². The summed E-state index contributed by atoms with van der Waals surface area (Å²) in [6.07, 6.45) is 0.821. The van der Waals surface area contributed by atoms with Crippen LogP contribution in [0, 0.1) is 13.8 Å². The molecular formula is C17H24N4O. The first-order chi connectivity index (χ1) is 10.6. The van der Waals surface area contributed by atoms with E-state index >= 15 is 0 Å². The van der Waals surface area contributed by atoms with Crippen LogP contribution in [0.3, 0.4) is 0 Å². The van der Waals surface area contributed by atoms with Crippen LogP contribution in [0.2, 0.25) is 0 Å². The van der Waals surface area contributed by atoms with E-state index in [-0.39, 0.29) is 0 Å². The molecule has 0 N–H and O–H groups in total. The quantitative estimate of drug-likeness (QED) is 0.865. The highest BCUT2D eigenvalue weighted by Gasteiger charge is 2.15. The molecule has 0 bridgehead atoms. The first kappa shape index (κ1) is 15.2. The van der Waals surface area contributed by atoms with Crippen molar-refractivity contribution in [2.24, 2.45) is 0 Å². The fraction of sp³-hybridized carbons (Fsp3) is 0.529. The molecule has 22 heavy (non-hydrogen) atoms. The van der Waals surface area contributed by atoms with Gasteiger partial charge in [-0.1, -0.05) is 17.3 Å². The number of nitrogens with zero attached hydrogens (tertiary/aromatic N) is 4. The summed E-state index contributed by atoms with van der Waals surface area (Å²) in [5, 5.41) is 4.12. The van der Waals surface area contributed by atoms with Crippen molar-refractivity contribution in [3.8, 4) is 11.4 Å². The number of likely N-dealkylation sites (N-methyl/N-ethyl adjacent to an activating group) is 1. The molecule has 0 radical (unpaired) electrons. The molecular weight excluding hydrogens is 276 g/mol. The van der Waals surface area contributed by atoms with Crippen LogP contribution in [0.5, 0.6) is 0 Å². The number of hydrogen-bond donors (Lipinski definition) is 0. The Bertz CT molecular complexity index is 629. The van der Waals surface area contributed by atoms with Gasteiger partial charge in [0.25, 0.3) is 0 Å². The molecule has 0 atom stereocenters. The SMILES string of the molecule is Cc1ccc(-c2noc(CCN3CCN(C)CC3)n2)cc1C. The highest BCUT2D eigenvalue weighted by atomic mass is 16.5. The van der Waals surface area contributed by atoms with Gasteiger partial charge in [0.2, 0.25) is 11.7 Å². The van der Waals surface area contributed by atoms with Crippen molar-refractivity contribution < 1.29 is 4.52 Å². The lowest BCUT2D eigenvalue weighted by Crippen LogP contribution is -2.45. The van der Waals surface area contributed by atoms with Gasteiger partial charge in [0.1, 0.15) is 0 Å². The molecule has 3 rings (SSSR count). The van der Waals surface area contributed by atoms with Gasteiger partial charge in [-0.25, -0.2) is 0 Å². The van der Waals surface area contributed by atoms with Crippen molar-refractivity contribution in [2.45, 2.75) is 20.3 Å². The minimum Gasteiger partial charge on any atom is -0.339 e. The van der Waals surface area contributed by atoms with Crippen molar-refractivity contribution >= 4 is 0 Å². The highest BCUT2D eigenvalue weighted by molar-refractivity contribution is 5.56. The molecule has 1 aliphatic rings. The molecule has 118 valence electrons. The highest BCUT2D eigenvalue weighted by Crippen LogP contribution is 2.19. The van der Waals surface area contributed by atoms with Crippen LogP contribution >= 0.6 is 0 Å². The smallest absolute Gasteiger partial charge is 0.228 e. The summed E-state index contributed by atoms with van der Waals surface area (Å²) >= 11 is 0. The Morgan fingerprint density at radius 1 is 1.09 bits per heavy atom. The van der Waals surface area contributed by atoms with E-state index in [1.807, 2.05) is 0 Å². The van der Waals surface area contributed by atoms with Crippen molar-refractivity contribution in [2.75, 3.05) is 39.8 Å². The number of benzene rings is 1.